The number of piperazine rings is 1. The Morgan fingerprint density at radius 2 is 1.54 bits per heavy atom. The first-order valence-corrected chi connectivity index (χ1v) is 10.4. The number of amides is 1. The summed E-state index contributed by atoms with van der Waals surface area (Å²) in [6.07, 6.45) is 8.02. The normalized spacial score (nSPS) is 18.7. The Balaban J connectivity index is 1.31. The molecule has 2 aliphatic rings. The average molecular weight is 380 g/mol. The molecule has 0 atom stereocenters. The van der Waals surface area contributed by atoms with Gasteiger partial charge < -0.3 is 9.80 Å². The van der Waals surface area contributed by atoms with E-state index in [0.717, 1.165) is 64.5 Å². The average Bonchev–Trinajstić information content (AvgIpc) is 3.04. The predicted octanol–water partition coefficient (Wildman–Crippen LogP) is 2.82. The molecule has 1 aromatic carbocycles. The monoisotopic (exact) mass is 379 g/mol. The Labute approximate surface area is 167 Å². The second-order valence-corrected chi connectivity index (χ2v) is 7.72. The van der Waals surface area contributed by atoms with Crippen molar-refractivity contribution >= 4 is 11.7 Å². The predicted molar refractivity (Wildman–Crippen MR) is 110 cm³/mol. The molecule has 0 spiro atoms. The summed E-state index contributed by atoms with van der Waals surface area (Å²) in [6, 6.07) is 10.6. The molecule has 28 heavy (non-hydrogen) atoms. The Morgan fingerprint density at radius 3 is 2.18 bits per heavy atom. The summed E-state index contributed by atoms with van der Waals surface area (Å²) >= 11 is 0. The van der Waals surface area contributed by atoms with Crippen LogP contribution < -0.4 is 4.90 Å². The van der Waals surface area contributed by atoms with Crippen LogP contribution >= 0.6 is 0 Å². The zero-order valence-corrected chi connectivity index (χ0v) is 16.5. The molecule has 2 saturated heterocycles. The van der Waals surface area contributed by atoms with E-state index < -0.39 is 0 Å². The molecule has 0 radical (unpaired) electrons. The van der Waals surface area contributed by atoms with Gasteiger partial charge in [0.25, 0.3) is 5.91 Å². The lowest BCUT2D eigenvalue weighted by Gasteiger charge is -2.35. The van der Waals surface area contributed by atoms with E-state index in [1.807, 2.05) is 4.90 Å². The van der Waals surface area contributed by atoms with Crippen molar-refractivity contribution in [2.24, 2.45) is 0 Å². The fourth-order valence-corrected chi connectivity index (χ4v) is 4.01. The second kappa shape index (κ2) is 9.15. The van der Waals surface area contributed by atoms with Crippen LogP contribution in [0.5, 0.6) is 0 Å². The summed E-state index contributed by atoms with van der Waals surface area (Å²) in [5.41, 5.74) is 1.82. The van der Waals surface area contributed by atoms with Crippen molar-refractivity contribution in [3.63, 3.8) is 0 Å². The minimum absolute atomic E-state index is 0.0219. The fourth-order valence-electron chi connectivity index (χ4n) is 4.01. The smallest absolute Gasteiger partial charge is 0.274 e. The minimum Gasteiger partial charge on any atom is -0.353 e. The molecule has 0 aliphatic carbocycles. The molecule has 0 unspecified atom stereocenters. The highest BCUT2D eigenvalue weighted by molar-refractivity contribution is 5.92. The SMILES string of the molecule is O=C(c1cnc(N2CCN(Cc3ccccc3)CC2)cn1)N1CCCCCC1. The molecule has 2 aromatic rings. The van der Waals surface area contributed by atoms with Crippen molar-refractivity contribution in [2.75, 3.05) is 44.2 Å². The van der Waals surface area contributed by atoms with Gasteiger partial charge in [-0.2, -0.15) is 0 Å². The molecule has 6 nitrogen and oxygen atoms in total. The van der Waals surface area contributed by atoms with Crippen molar-refractivity contribution in [1.29, 1.82) is 0 Å². The maximum absolute atomic E-state index is 12.7. The first-order valence-electron chi connectivity index (χ1n) is 10.4. The zero-order chi connectivity index (χ0) is 19.2. The Bertz CT molecular complexity index is 748. The number of benzene rings is 1. The number of hydrogen-bond donors (Lipinski definition) is 0. The van der Waals surface area contributed by atoms with E-state index in [4.69, 9.17) is 0 Å². The van der Waals surface area contributed by atoms with E-state index in [9.17, 15) is 4.79 Å². The molecule has 1 amide bonds. The van der Waals surface area contributed by atoms with Crippen molar-refractivity contribution in [1.82, 2.24) is 19.8 Å². The molecule has 2 fully saturated rings. The van der Waals surface area contributed by atoms with Crippen molar-refractivity contribution < 1.29 is 4.79 Å². The number of carbonyl (C=O) groups excluding carboxylic acids is 1. The van der Waals surface area contributed by atoms with Crippen LogP contribution in [0.3, 0.4) is 0 Å². The first-order chi connectivity index (χ1) is 13.8. The number of anilines is 1. The molecule has 6 heteroatoms. The quantitative estimate of drug-likeness (QED) is 0.818. The maximum Gasteiger partial charge on any atom is 0.274 e. The van der Waals surface area contributed by atoms with Crippen molar-refractivity contribution in [3.05, 3.63) is 54.0 Å². The summed E-state index contributed by atoms with van der Waals surface area (Å²) in [4.78, 5) is 28.3. The van der Waals surface area contributed by atoms with Gasteiger partial charge in [-0.15, -0.1) is 0 Å². The van der Waals surface area contributed by atoms with Gasteiger partial charge in [-0.05, 0) is 18.4 Å². The Kier molecular flexibility index (Phi) is 6.17. The summed E-state index contributed by atoms with van der Waals surface area (Å²) in [5.74, 6) is 0.889. The first kappa shape index (κ1) is 18.9. The number of likely N-dealkylation sites (tertiary alicyclic amines) is 1. The van der Waals surface area contributed by atoms with E-state index in [1.54, 1.807) is 12.4 Å². The van der Waals surface area contributed by atoms with Gasteiger partial charge in [0, 0.05) is 45.8 Å². The van der Waals surface area contributed by atoms with Gasteiger partial charge in [-0.3, -0.25) is 9.69 Å². The number of carbonyl (C=O) groups is 1. The van der Waals surface area contributed by atoms with Crippen LogP contribution in [0.25, 0.3) is 0 Å². The van der Waals surface area contributed by atoms with Crippen LogP contribution in [-0.4, -0.2) is 64.9 Å². The highest BCUT2D eigenvalue weighted by Gasteiger charge is 2.21. The highest BCUT2D eigenvalue weighted by Crippen LogP contribution is 2.16. The van der Waals surface area contributed by atoms with Gasteiger partial charge in [-0.25, -0.2) is 9.97 Å². The van der Waals surface area contributed by atoms with E-state index in [2.05, 4.69) is 50.1 Å². The number of aromatic nitrogens is 2. The van der Waals surface area contributed by atoms with Crippen LogP contribution in [0.1, 0.15) is 41.7 Å². The van der Waals surface area contributed by atoms with Crippen LogP contribution in [-0.2, 0) is 6.54 Å². The van der Waals surface area contributed by atoms with Gasteiger partial charge >= 0.3 is 0 Å². The topological polar surface area (TPSA) is 52.6 Å². The largest absolute Gasteiger partial charge is 0.353 e. The molecule has 2 aliphatic heterocycles. The molecule has 1 aromatic heterocycles. The van der Waals surface area contributed by atoms with Crippen LogP contribution in [0.2, 0.25) is 0 Å². The highest BCUT2D eigenvalue weighted by atomic mass is 16.2. The van der Waals surface area contributed by atoms with Crippen LogP contribution in [0, 0.1) is 0 Å². The lowest BCUT2D eigenvalue weighted by molar-refractivity contribution is 0.0755. The van der Waals surface area contributed by atoms with Crippen LogP contribution in [0.4, 0.5) is 5.82 Å². The molecular formula is C22H29N5O. The lowest BCUT2D eigenvalue weighted by Crippen LogP contribution is -2.46. The van der Waals surface area contributed by atoms with E-state index in [1.165, 1.54) is 18.4 Å². The van der Waals surface area contributed by atoms with E-state index in [0.29, 0.717) is 5.69 Å². The van der Waals surface area contributed by atoms with Crippen molar-refractivity contribution in [3.8, 4) is 0 Å². The number of nitrogens with zero attached hydrogens (tertiary/aromatic N) is 5. The van der Waals surface area contributed by atoms with E-state index in [-0.39, 0.29) is 5.91 Å². The molecular weight excluding hydrogens is 350 g/mol. The van der Waals surface area contributed by atoms with Crippen molar-refractivity contribution in [2.45, 2.75) is 32.2 Å². The zero-order valence-electron chi connectivity index (χ0n) is 16.5. The van der Waals surface area contributed by atoms with Gasteiger partial charge in [0.05, 0.1) is 12.4 Å². The van der Waals surface area contributed by atoms with Gasteiger partial charge in [0.2, 0.25) is 0 Å². The fraction of sp³-hybridized carbons (Fsp3) is 0.500. The molecule has 148 valence electrons. The third-order valence-corrected chi connectivity index (χ3v) is 5.70. The van der Waals surface area contributed by atoms with Crippen LogP contribution in [0.15, 0.2) is 42.7 Å². The van der Waals surface area contributed by atoms with Gasteiger partial charge in [0.1, 0.15) is 11.5 Å². The summed E-state index contributed by atoms with van der Waals surface area (Å²) < 4.78 is 0. The standard InChI is InChI=1S/C22H29N5O/c28-22(27-10-6-1-2-7-11-27)20-16-24-21(17-23-20)26-14-12-25(13-15-26)18-19-8-4-3-5-9-19/h3-5,8-9,16-17H,1-2,6-7,10-15,18H2. The summed E-state index contributed by atoms with van der Waals surface area (Å²) in [7, 11) is 0. The molecule has 0 bridgehead atoms. The third kappa shape index (κ3) is 4.68. The lowest BCUT2D eigenvalue weighted by atomic mass is 10.2. The molecule has 0 N–H and O–H groups in total. The Hall–Kier alpha value is -2.47. The minimum atomic E-state index is 0.0219. The maximum atomic E-state index is 12.7. The summed E-state index contributed by atoms with van der Waals surface area (Å²) in [6.45, 7) is 6.54. The van der Waals surface area contributed by atoms with Gasteiger partial charge in [0.15, 0.2) is 0 Å². The number of rotatable bonds is 4. The van der Waals surface area contributed by atoms with E-state index >= 15 is 0 Å². The second-order valence-electron chi connectivity index (χ2n) is 7.72. The molecule has 4 rings (SSSR count). The Morgan fingerprint density at radius 1 is 0.821 bits per heavy atom. The molecule has 3 heterocycles. The number of hydrogen-bond acceptors (Lipinski definition) is 5. The summed E-state index contributed by atoms with van der Waals surface area (Å²) in [5, 5.41) is 0. The van der Waals surface area contributed by atoms with Gasteiger partial charge in [-0.1, -0.05) is 43.2 Å². The third-order valence-electron chi connectivity index (χ3n) is 5.70. The molecule has 0 saturated carbocycles.